The summed E-state index contributed by atoms with van der Waals surface area (Å²) in [5, 5.41) is 19.9. The number of aldehydes is 1. The molecule has 4 aromatic rings. The standard InChI is InChI=1S/C15H16FNO.C15H14FNO.2C6H13NO2/c2*1-11-7-8-14(15(16)13(11)10-18)17-9-12-5-3-2-4-6-12;2*1-6(2,3)9-5(8)7-4/h2-8,17-18H,9-10H2,1H3;2-8,10,17H,9H2,1H3;2*1-4H3,(H,7,8). The first kappa shape index (κ1) is 46.5. The summed E-state index contributed by atoms with van der Waals surface area (Å²) in [6, 6.07) is 26.4. The highest BCUT2D eigenvalue weighted by Crippen LogP contribution is 2.23. The van der Waals surface area contributed by atoms with Crippen LogP contribution in [0.5, 0.6) is 0 Å². The van der Waals surface area contributed by atoms with Crippen LogP contribution in [-0.4, -0.2) is 48.9 Å². The molecule has 0 saturated carbocycles. The van der Waals surface area contributed by atoms with Crippen LogP contribution in [0.15, 0.2) is 84.9 Å². The molecule has 12 heteroatoms. The van der Waals surface area contributed by atoms with Crippen molar-refractivity contribution in [3.05, 3.63) is 130 Å². The molecule has 0 radical (unpaired) electrons. The second-order valence-electron chi connectivity index (χ2n) is 13.8. The zero-order chi connectivity index (χ0) is 40.9. The Morgan fingerprint density at radius 3 is 1.37 bits per heavy atom. The number of alkyl carbamates (subject to hydrolysis) is 2. The molecule has 5 N–H and O–H groups in total. The number of anilines is 2. The van der Waals surface area contributed by atoms with Crippen molar-refractivity contribution in [2.24, 2.45) is 0 Å². The van der Waals surface area contributed by atoms with E-state index in [0.717, 1.165) is 16.7 Å². The van der Waals surface area contributed by atoms with E-state index in [0.29, 0.717) is 41.9 Å². The van der Waals surface area contributed by atoms with Crippen LogP contribution in [0.2, 0.25) is 0 Å². The number of carbonyl (C=O) groups is 3. The summed E-state index contributed by atoms with van der Waals surface area (Å²) in [4.78, 5) is 31.8. The van der Waals surface area contributed by atoms with Gasteiger partial charge in [-0.1, -0.05) is 72.8 Å². The highest BCUT2D eigenvalue weighted by atomic mass is 19.1. The molecule has 0 spiro atoms. The minimum atomic E-state index is -0.485. The Hall–Kier alpha value is -5.49. The zero-order valence-electron chi connectivity index (χ0n) is 33.0. The van der Waals surface area contributed by atoms with E-state index < -0.39 is 5.82 Å². The van der Waals surface area contributed by atoms with Crippen LogP contribution in [0.3, 0.4) is 0 Å². The summed E-state index contributed by atoms with van der Waals surface area (Å²) >= 11 is 0. The predicted octanol–water partition coefficient (Wildman–Crippen LogP) is 9.08. The Bertz CT molecular complexity index is 1710. The Morgan fingerprint density at radius 1 is 0.648 bits per heavy atom. The van der Waals surface area contributed by atoms with Gasteiger partial charge in [0.05, 0.1) is 23.5 Å². The fraction of sp³-hybridized carbons (Fsp3) is 0.357. The van der Waals surface area contributed by atoms with Gasteiger partial charge in [-0.05, 0) is 89.8 Å². The zero-order valence-corrected chi connectivity index (χ0v) is 33.0. The van der Waals surface area contributed by atoms with E-state index >= 15 is 0 Å². The number of benzene rings is 4. The number of hydrogen-bond donors (Lipinski definition) is 5. The van der Waals surface area contributed by atoms with E-state index in [-0.39, 0.29) is 41.4 Å². The smallest absolute Gasteiger partial charge is 0.407 e. The maximum absolute atomic E-state index is 14.0. The lowest BCUT2D eigenvalue weighted by atomic mass is 10.1. The average molecular weight is 751 g/mol. The largest absolute Gasteiger partial charge is 0.444 e. The molecule has 294 valence electrons. The number of rotatable bonds is 8. The van der Waals surface area contributed by atoms with Crippen LogP contribution >= 0.6 is 0 Å². The molecule has 54 heavy (non-hydrogen) atoms. The van der Waals surface area contributed by atoms with Crippen LogP contribution in [-0.2, 0) is 29.2 Å². The van der Waals surface area contributed by atoms with Gasteiger partial charge in [-0.15, -0.1) is 0 Å². The molecule has 4 rings (SSSR count). The van der Waals surface area contributed by atoms with Crippen molar-refractivity contribution in [1.82, 2.24) is 10.6 Å². The Labute approximate surface area is 318 Å². The highest BCUT2D eigenvalue weighted by molar-refractivity contribution is 5.80. The van der Waals surface area contributed by atoms with E-state index in [2.05, 4.69) is 21.3 Å². The molecule has 2 amide bonds. The number of carbonyl (C=O) groups excluding carboxylic acids is 3. The highest BCUT2D eigenvalue weighted by Gasteiger charge is 2.15. The first-order chi connectivity index (χ1) is 25.3. The lowest BCUT2D eigenvalue weighted by molar-refractivity contribution is 0.0530. The monoisotopic (exact) mass is 750 g/mol. The number of hydrogen-bond acceptors (Lipinski definition) is 8. The third kappa shape index (κ3) is 18.3. The average Bonchev–Trinajstić information content (AvgIpc) is 3.11. The van der Waals surface area contributed by atoms with Gasteiger partial charge in [-0.2, -0.15) is 0 Å². The second kappa shape index (κ2) is 23.2. The van der Waals surface area contributed by atoms with Gasteiger partial charge in [0.15, 0.2) is 17.9 Å². The van der Waals surface area contributed by atoms with Crippen molar-refractivity contribution in [2.45, 2.75) is 86.3 Å². The van der Waals surface area contributed by atoms with Gasteiger partial charge in [-0.25, -0.2) is 18.4 Å². The molecule has 4 aromatic carbocycles. The number of aliphatic hydroxyl groups excluding tert-OH is 1. The SMILES string of the molecule is CNC(=O)OC(C)(C)C.CNC(=O)OC(C)(C)C.Cc1ccc(NCc2ccccc2)c(F)c1C=O.Cc1ccc(NCc2ccccc2)c(F)c1CO. The number of aryl methyl sites for hydroxylation is 2. The Kier molecular flexibility index (Phi) is 20.0. The van der Waals surface area contributed by atoms with Gasteiger partial charge in [0, 0.05) is 32.7 Å². The van der Waals surface area contributed by atoms with E-state index in [1.54, 1.807) is 32.0 Å². The van der Waals surface area contributed by atoms with Gasteiger partial charge >= 0.3 is 12.2 Å². The molecule has 0 fully saturated rings. The van der Waals surface area contributed by atoms with E-state index in [1.165, 1.54) is 14.1 Å². The van der Waals surface area contributed by atoms with Crippen molar-refractivity contribution in [3.8, 4) is 0 Å². The quantitative estimate of drug-likeness (QED) is 0.113. The molecular weight excluding hydrogens is 694 g/mol. The maximum Gasteiger partial charge on any atom is 0.407 e. The molecule has 0 bridgehead atoms. The number of nitrogens with one attached hydrogen (secondary N) is 4. The predicted molar refractivity (Wildman–Crippen MR) is 212 cm³/mol. The molecule has 0 unspecified atom stereocenters. The fourth-order valence-electron chi connectivity index (χ4n) is 4.26. The summed E-state index contributed by atoms with van der Waals surface area (Å²) in [6.45, 7) is 15.2. The van der Waals surface area contributed by atoms with Crippen LogP contribution in [0.1, 0.15) is 79.7 Å². The molecule has 0 atom stereocenters. The van der Waals surface area contributed by atoms with E-state index in [9.17, 15) is 23.2 Å². The Balaban J connectivity index is 0.000000381. The molecule has 0 aliphatic carbocycles. The summed E-state index contributed by atoms with van der Waals surface area (Å²) in [5.74, 6) is -0.852. The first-order valence-corrected chi connectivity index (χ1v) is 17.4. The summed E-state index contributed by atoms with van der Waals surface area (Å²) in [5.41, 5.74) is 4.03. The minimum absolute atomic E-state index is 0.119. The number of halogens is 2. The molecular formula is C42H56F2N4O6. The number of amides is 2. The van der Waals surface area contributed by atoms with Crippen LogP contribution in [0.25, 0.3) is 0 Å². The fourth-order valence-corrected chi connectivity index (χ4v) is 4.26. The van der Waals surface area contributed by atoms with Crippen molar-refractivity contribution < 1.29 is 37.7 Å². The van der Waals surface area contributed by atoms with Crippen molar-refractivity contribution in [3.63, 3.8) is 0 Å². The first-order valence-electron chi connectivity index (χ1n) is 17.4. The van der Waals surface area contributed by atoms with Gasteiger partial charge in [-0.3, -0.25) is 4.79 Å². The number of aliphatic hydroxyl groups is 1. The van der Waals surface area contributed by atoms with Crippen molar-refractivity contribution in [2.75, 3.05) is 24.7 Å². The van der Waals surface area contributed by atoms with Crippen LogP contribution in [0, 0.1) is 25.5 Å². The summed E-state index contributed by atoms with van der Waals surface area (Å²) in [7, 11) is 3.07. The molecule has 0 aliphatic heterocycles. The summed E-state index contributed by atoms with van der Waals surface area (Å²) in [6.07, 6.45) is -0.219. The molecule has 0 saturated heterocycles. The lowest BCUT2D eigenvalue weighted by Crippen LogP contribution is -2.30. The normalized spacial score (nSPS) is 10.4. The second-order valence-corrected chi connectivity index (χ2v) is 13.8. The lowest BCUT2D eigenvalue weighted by Gasteiger charge is -2.18. The van der Waals surface area contributed by atoms with Crippen LogP contribution in [0.4, 0.5) is 29.7 Å². The van der Waals surface area contributed by atoms with E-state index in [1.807, 2.05) is 108 Å². The van der Waals surface area contributed by atoms with Gasteiger partial charge in [0.25, 0.3) is 0 Å². The number of ether oxygens (including phenoxy) is 2. The molecule has 10 nitrogen and oxygen atoms in total. The van der Waals surface area contributed by atoms with Crippen molar-refractivity contribution in [1.29, 1.82) is 0 Å². The van der Waals surface area contributed by atoms with Gasteiger partial charge in [0.1, 0.15) is 11.2 Å². The third-order valence-corrected chi connectivity index (χ3v) is 7.01. The van der Waals surface area contributed by atoms with Crippen molar-refractivity contribution >= 4 is 29.8 Å². The third-order valence-electron chi connectivity index (χ3n) is 7.01. The summed E-state index contributed by atoms with van der Waals surface area (Å²) < 4.78 is 37.6. The topological polar surface area (TPSA) is 138 Å². The van der Waals surface area contributed by atoms with E-state index in [4.69, 9.17) is 14.6 Å². The molecule has 0 heterocycles. The van der Waals surface area contributed by atoms with Crippen LogP contribution < -0.4 is 21.3 Å². The van der Waals surface area contributed by atoms with Gasteiger partial charge in [0.2, 0.25) is 0 Å². The molecule has 0 aromatic heterocycles. The maximum atomic E-state index is 14.0. The Morgan fingerprint density at radius 2 is 1.04 bits per heavy atom. The minimum Gasteiger partial charge on any atom is -0.444 e. The molecule has 0 aliphatic rings. The van der Waals surface area contributed by atoms with Gasteiger partial charge < -0.3 is 35.8 Å².